The summed E-state index contributed by atoms with van der Waals surface area (Å²) < 4.78 is 1.70. The first kappa shape index (κ1) is 28.9. The molecule has 1 atom stereocenters. The number of nitrogens with two attached hydrogens (primary N) is 1. The van der Waals surface area contributed by atoms with Crippen LogP contribution in [-0.2, 0) is 0 Å². The molecule has 42 heavy (non-hydrogen) atoms. The molecule has 0 bridgehead atoms. The second-order valence-corrected chi connectivity index (χ2v) is 11.3. The Bertz CT molecular complexity index is 1950. The molecular formula is C34H33N5O2S. The molecule has 1 aliphatic carbocycles. The van der Waals surface area contributed by atoms with Crippen LogP contribution in [0.2, 0.25) is 0 Å². The SMILES string of the molecule is C/C=C(/C#CC1=c2c(cc([C@H](C)N(C)C(=O)c3c(N)ncc4cccnc34)n(-c3ccccc3)c2=O)=CCC1)SCC. The van der Waals surface area contributed by atoms with Crippen LogP contribution in [0.5, 0.6) is 0 Å². The van der Waals surface area contributed by atoms with E-state index in [1.807, 2.05) is 62.4 Å². The van der Waals surface area contributed by atoms with Crippen molar-refractivity contribution in [2.24, 2.45) is 0 Å². The lowest BCUT2D eigenvalue weighted by molar-refractivity contribution is 0.0740. The molecule has 0 spiro atoms. The first-order chi connectivity index (χ1) is 20.3. The number of hydrogen-bond donors (Lipinski definition) is 1. The van der Waals surface area contributed by atoms with Crippen LogP contribution in [0.25, 0.3) is 28.2 Å². The Kier molecular flexibility index (Phi) is 8.60. The number of anilines is 1. The van der Waals surface area contributed by atoms with Gasteiger partial charge in [-0.25, -0.2) is 4.98 Å². The van der Waals surface area contributed by atoms with Gasteiger partial charge in [0, 0.05) is 41.8 Å². The number of fused-ring (bicyclic) bond motifs is 2. The van der Waals surface area contributed by atoms with Crippen molar-refractivity contribution in [3.63, 3.8) is 0 Å². The van der Waals surface area contributed by atoms with Crippen molar-refractivity contribution in [3.8, 4) is 17.5 Å². The second-order valence-electron chi connectivity index (χ2n) is 9.98. The van der Waals surface area contributed by atoms with Crippen molar-refractivity contribution >= 4 is 46.0 Å². The van der Waals surface area contributed by atoms with Crippen LogP contribution in [0.4, 0.5) is 5.82 Å². The summed E-state index contributed by atoms with van der Waals surface area (Å²) in [6.45, 7) is 5.98. The fourth-order valence-electron chi connectivity index (χ4n) is 5.19. The quantitative estimate of drug-likeness (QED) is 0.338. The van der Waals surface area contributed by atoms with Gasteiger partial charge in [-0.15, -0.1) is 11.8 Å². The van der Waals surface area contributed by atoms with Crippen molar-refractivity contribution in [1.82, 2.24) is 19.4 Å². The molecular weight excluding hydrogens is 542 g/mol. The van der Waals surface area contributed by atoms with Crippen LogP contribution in [0, 0.1) is 11.8 Å². The fraction of sp³-hybridized carbons (Fsp3) is 0.235. The molecule has 2 N–H and O–H groups in total. The smallest absolute Gasteiger partial charge is 0.264 e. The number of nitrogen functional groups attached to an aromatic ring is 1. The third-order valence-electron chi connectivity index (χ3n) is 7.46. The minimum atomic E-state index is -0.491. The summed E-state index contributed by atoms with van der Waals surface area (Å²) in [5.74, 6) is 7.31. The van der Waals surface area contributed by atoms with Crippen molar-refractivity contribution in [2.45, 2.75) is 39.7 Å². The number of nitrogens with zero attached hydrogens (tertiary/aromatic N) is 4. The van der Waals surface area contributed by atoms with Crippen LogP contribution >= 0.6 is 11.8 Å². The Morgan fingerprint density at radius 2 is 2.00 bits per heavy atom. The lowest BCUT2D eigenvalue weighted by Gasteiger charge is -2.28. The van der Waals surface area contributed by atoms with Gasteiger partial charge in [-0.2, -0.15) is 0 Å². The van der Waals surface area contributed by atoms with Crippen molar-refractivity contribution < 1.29 is 4.79 Å². The standard InChI is InChI=1S/C34H33N5O2S/c1-5-27(42-6-2)18-17-23-12-10-13-24-20-28(39(34(41)29(23)24)26-15-8-7-9-16-26)22(3)38(4)33(40)30-31-25(14-11-19-36-31)21-37-32(30)35/h5,7-9,11,13-16,19-22H,6,10,12H2,1-4H3,(H2,35,37)/b27-5-/t22-/m0/s1. The van der Waals surface area contributed by atoms with Gasteiger partial charge in [0.1, 0.15) is 11.4 Å². The maximum atomic E-state index is 14.4. The van der Waals surface area contributed by atoms with Crippen molar-refractivity contribution in [1.29, 1.82) is 0 Å². The Morgan fingerprint density at radius 1 is 1.21 bits per heavy atom. The zero-order valence-corrected chi connectivity index (χ0v) is 25.0. The highest BCUT2D eigenvalue weighted by Gasteiger charge is 2.27. The summed E-state index contributed by atoms with van der Waals surface area (Å²) in [6, 6.07) is 14.7. The second kappa shape index (κ2) is 12.5. The monoisotopic (exact) mass is 575 g/mol. The van der Waals surface area contributed by atoms with Crippen LogP contribution in [0.15, 0.2) is 76.7 Å². The van der Waals surface area contributed by atoms with Gasteiger partial charge in [-0.05, 0) is 68.0 Å². The van der Waals surface area contributed by atoms with Crippen molar-refractivity contribution in [2.75, 3.05) is 18.5 Å². The third-order valence-corrected chi connectivity index (χ3v) is 8.40. The Balaban J connectivity index is 1.70. The van der Waals surface area contributed by atoms with Crippen LogP contribution < -0.4 is 21.7 Å². The van der Waals surface area contributed by atoms with E-state index in [0.29, 0.717) is 22.9 Å². The number of para-hydroxylation sites is 1. The highest BCUT2D eigenvalue weighted by Crippen LogP contribution is 2.26. The minimum Gasteiger partial charge on any atom is -0.383 e. The number of thioether (sulfide) groups is 1. The summed E-state index contributed by atoms with van der Waals surface area (Å²) in [6.07, 6.45) is 8.82. The van der Waals surface area contributed by atoms with E-state index in [1.54, 1.807) is 46.7 Å². The number of carbonyl (C=O) groups excluding carboxylic acids is 1. The largest absolute Gasteiger partial charge is 0.383 e. The van der Waals surface area contributed by atoms with Crippen LogP contribution in [0.3, 0.4) is 0 Å². The third kappa shape index (κ3) is 5.48. The highest BCUT2D eigenvalue weighted by molar-refractivity contribution is 8.03. The molecule has 0 radical (unpaired) electrons. The number of benzene rings is 1. The molecule has 0 fully saturated rings. The molecule has 0 unspecified atom stereocenters. The number of allylic oxidation sites excluding steroid dienone is 2. The highest BCUT2D eigenvalue weighted by atomic mass is 32.2. The molecule has 0 saturated carbocycles. The van der Waals surface area contributed by atoms with E-state index in [9.17, 15) is 9.59 Å². The van der Waals surface area contributed by atoms with E-state index in [4.69, 9.17) is 5.73 Å². The van der Waals surface area contributed by atoms with Gasteiger partial charge in [0.2, 0.25) is 0 Å². The number of hydrogen-bond acceptors (Lipinski definition) is 6. The number of pyridine rings is 3. The molecule has 0 aliphatic heterocycles. The molecule has 5 rings (SSSR count). The molecule has 3 heterocycles. The van der Waals surface area contributed by atoms with E-state index < -0.39 is 6.04 Å². The van der Waals surface area contributed by atoms with E-state index in [0.717, 1.165) is 38.9 Å². The van der Waals surface area contributed by atoms with Gasteiger partial charge in [0.25, 0.3) is 11.5 Å². The van der Waals surface area contributed by atoms with Gasteiger partial charge in [-0.3, -0.25) is 19.1 Å². The predicted octanol–water partition coefficient (Wildman–Crippen LogP) is 4.58. The summed E-state index contributed by atoms with van der Waals surface area (Å²) in [5, 5.41) is 2.18. The van der Waals surface area contributed by atoms with Crippen LogP contribution in [0.1, 0.15) is 55.7 Å². The molecule has 212 valence electrons. The minimum absolute atomic E-state index is 0.115. The maximum absolute atomic E-state index is 14.4. The maximum Gasteiger partial charge on any atom is 0.264 e. The lowest BCUT2D eigenvalue weighted by Crippen LogP contribution is -2.49. The normalized spacial score (nSPS) is 13.5. The van der Waals surface area contributed by atoms with Crippen molar-refractivity contribution in [3.05, 3.63) is 104 Å². The summed E-state index contributed by atoms with van der Waals surface area (Å²) in [4.78, 5) is 39.6. The van der Waals surface area contributed by atoms with E-state index in [1.165, 1.54) is 0 Å². The zero-order valence-electron chi connectivity index (χ0n) is 24.2. The number of aromatic nitrogens is 3. The molecule has 4 aromatic rings. The van der Waals surface area contributed by atoms with Gasteiger partial charge >= 0.3 is 0 Å². The molecule has 1 aliphatic rings. The van der Waals surface area contributed by atoms with Gasteiger partial charge in [-0.1, -0.05) is 49.1 Å². The first-order valence-corrected chi connectivity index (χ1v) is 15.0. The summed E-state index contributed by atoms with van der Waals surface area (Å²) in [7, 11) is 1.71. The zero-order chi connectivity index (χ0) is 29.8. The Labute approximate surface area is 249 Å². The molecule has 1 amide bonds. The topological polar surface area (TPSA) is 94.1 Å². The Hall–Kier alpha value is -4.61. The number of carbonyl (C=O) groups is 1. The molecule has 7 nitrogen and oxygen atoms in total. The van der Waals surface area contributed by atoms with E-state index >= 15 is 0 Å². The average Bonchev–Trinajstić information content (AvgIpc) is 3.02. The van der Waals surface area contributed by atoms with Gasteiger partial charge in [0.05, 0.1) is 21.7 Å². The number of amides is 1. The summed E-state index contributed by atoms with van der Waals surface area (Å²) >= 11 is 1.69. The van der Waals surface area contributed by atoms with Gasteiger partial charge in [0.15, 0.2) is 0 Å². The lowest BCUT2D eigenvalue weighted by atomic mass is 9.99. The van der Waals surface area contributed by atoms with E-state index in [-0.39, 0.29) is 22.8 Å². The van der Waals surface area contributed by atoms with Gasteiger partial charge < -0.3 is 10.6 Å². The average molecular weight is 576 g/mol. The molecule has 3 aromatic heterocycles. The summed E-state index contributed by atoms with van der Waals surface area (Å²) in [5.41, 5.74) is 9.04. The molecule has 8 heteroatoms. The van der Waals surface area contributed by atoms with Crippen LogP contribution in [-0.4, -0.2) is 38.1 Å². The molecule has 1 aromatic carbocycles. The fourth-order valence-corrected chi connectivity index (χ4v) is 5.79. The predicted molar refractivity (Wildman–Crippen MR) is 173 cm³/mol. The molecule has 0 saturated heterocycles. The van der Waals surface area contributed by atoms with E-state index in [2.05, 4.69) is 34.8 Å². The first-order valence-electron chi connectivity index (χ1n) is 14.0. The Morgan fingerprint density at radius 3 is 2.74 bits per heavy atom. The number of rotatable bonds is 6.